The number of alkyl halides is 2. The number of nitrogens with one attached hydrogen (secondary N) is 2. The van der Waals surface area contributed by atoms with Crippen LogP contribution in [0.5, 0.6) is 11.5 Å². The molecule has 3 aromatic rings. The van der Waals surface area contributed by atoms with E-state index in [0.717, 1.165) is 16.9 Å². The van der Waals surface area contributed by atoms with Gasteiger partial charge in [0.05, 0.1) is 23.7 Å². The minimum atomic E-state index is -3.06. The summed E-state index contributed by atoms with van der Waals surface area (Å²) in [4.78, 5) is 19.9. The van der Waals surface area contributed by atoms with Gasteiger partial charge in [-0.15, -0.1) is 0 Å². The number of aromatic nitrogens is 2. The summed E-state index contributed by atoms with van der Waals surface area (Å²) < 4.78 is 34.7. The summed E-state index contributed by atoms with van der Waals surface area (Å²) in [5.41, 5.74) is 1.73. The highest BCUT2D eigenvalue weighted by atomic mass is 19.3. The smallest absolute Gasteiger partial charge is 0.387 e. The predicted molar refractivity (Wildman–Crippen MR) is 91.8 cm³/mol. The van der Waals surface area contributed by atoms with Gasteiger partial charge in [0.25, 0.3) is 5.91 Å². The van der Waals surface area contributed by atoms with Gasteiger partial charge in [0.15, 0.2) is 11.5 Å². The number of nitrogens with zero attached hydrogens (tertiary/aromatic N) is 1. The zero-order valence-electron chi connectivity index (χ0n) is 14.0. The van der Waals surface area contributed by atoms with E-state index in [0.29, 0.717) is 6.42 Å². The molecule has 0 bridgehead atoms. The van der Waals surface area contributed by atoms with Crippen molar-refractivity contribution in [2.75, 3.05) is 13.7 Å². The number of halogens is 2. The number of hydrogen-bond donors (Lipinski definition) is 2. The molecule has 2 aromatic carbocycles. The van der Waals surface area contributed by atoms with Gasteiger partial charge >= 0.3 is 6.61 Å². The van der Waals surface area contributed by atoms with Crippen LogP contribution in [0, 0.1) is 0 Å². The summed E-state index contributed by atoms with van der Waals surface area (Å²) in [6.07, 6.45) is 0.468. The summed E-state index contributed by atoms with van der Waals surface area (Å²) in [6.45, 7) is -2.78. The highest BCUT2D eigenvalue weighted by Crippen LogP contribution is 2.32. The van der Waals surface area contributed by atoms with Crippen molar-refractivity contribution < 1.29 is 23.0 Å². The Kier molecular flexibility index (Phi) is 5.31. The van der Waals surface area contributed by atoms with Gasteiger partial charge in [0.2, 0.25) is 0 Å². The Bertz CT molecular complexity index is 879. The molecule has 136 valence electrons. The van der Waals surface area contributed by atoms with Gasteiger partial charge in [0.1, 0.15) is 5.82 Å². The standard InChI is InChI=1S/C18H17F2N3O3/c1-25-14-8-4-5-11(16(14)26-18(19)20)17(24)21-10-9-15-22-12-6-2-3-7-13(12)23-15/h2-8,18H,9-10H2,1H3,(H,21,24)(H,22,23). The summed E-state index contributed by atoms with van der Waals surface area (Å²) in [5, 5.41) is 2.68. The number of aromatic amines is 1. The fourth-order valence-electron chi connectivity index (χ4n) is 2.58. The molecular formula is C18H17F2N3O3. The molecule has 0 saturated carbocycles. The Morgan fingerprint density at radius 3 is 2.77 bits per heavy atom. The molecule has 0 saturated heterocycles. The van der Waals surface area contributed by atoms with E-state index >= 15 is 0 Å². The SMILES string of the molecule is COc1cccc(C(=O)NCCc2nc3ccccc3[nH]2)c1OC(F)F. The Labute approximate surface area is 148 Å². The number of carbonyl (C=O) groups excluding carboxylic acids is 1. The number of fused-ring (bicyclic) bond motifs is 1. The molecule has 0 fully saturated rings. The topological polar surface area (TPSA) is 76.2 Å². The van der Waals surface area contributed by atoms with E-state index in [-0.39, 0.29) is 23.6 Å². The van der Waals surface area contributed by atoms with Crippen LogP contribution in [0.2, 0.25) is 0 Å². The van der Waals surface area contributed by atoms with Crippen LogP contribution < -0.4 is 14.8 Å². The molecule has 8 heteroatoms. The van der Waals surface area contributed by atoms with Crippen LogP contribution in [-0.2, 0) is 6.42 Å². The molecule has 0 spiro atoms. The number of para-hydroxylation sites is 3. The van der Waals surface area contributed by atoms with E-state index in [4.69, 9.17) is 4.74 Å². The number of imidazole rings is 1. The molecule has 26 heavy (non-hydrogen) atoms. The van der Waals surface area contributed by atoms with Crippen molar-refractivity contribution in [1.82, 2.24) is 15.3 Å². The van der Waals surface area contributed by atoms with Crippen LogP contribution in [0.4, 0.5) is 8.78 Å². The number of rotatable bonds is 7. The van der Waals surface area contributed by atoms with Crippen molar-refractivity contribution in [2.24, 2.45) is 0 Å². The van der Waals surface area contributed by atoms with E-state index in [1.54, 1.807) is 0 Å². The van der Waals surface area contributed by atoms with E-state index in [2.05, 4.69) is 20.0 Å². The number of H-pyrrole nitrogens is 1. The third kappa shape index (κ3) is 3.90. The highest BCUT2D eigenvalue weighted by molar-refractivity contribution is 5.97. The van der Waals surface area contributed by atoms with Crippen LogP contribution in [0.15, 0.2) is 42.5 Å². The fourth-order valence-corrected chi connectivity index (χ4v) is 2.58. The second-order valence-electron chi connectivity index (χ2n) is 5.42. The van der Waals surface area contributed by atoms with Crippen LogP contribution in [0.25, 0.3) is 11.0 Å². The maximum Gasteiger partial charge on any atom is 0.387 e. The van der Waals surface area contributed by atoms with Crippen molar-refractivity contribution in [2.45, 2.75) is 13.0 Å². The van der Waals surface area contributed by atoms with E-state index < -0.39 is 12.5 Å². The second-order valence-corrected chi connectivity index (χ2v) is 5.42. The number of ether oxygens (including phenoxy) is 2. The third-order valence-electron chi connectivity index (χ3n) is 3.74. The molecule has 0 aliphatic heterocycles. The molecule has 0 unspecified atom stereocenters. The lowest BCUT2D eigenvalue weighted by atomic mass is 10.1. The maximum absolute atomic E-state index is 12.6. The summed E-state index contributed by atoms with van der Waals surface area (Å²) in [7, 11) is 1.32. The molecule has 0 atom stereocenters. The minimum absolute atomic E-state index is 0.0192. The molecule has 1 heterocycles. The van der Waals surface area contributed by atoms with Crippen LogP contribution in [-0.4, -0.2) is 36.1 Å². The van der Waals surface area contributed by atoms with Crippen LogP contribution in [0.3, 0.4) is 0 Å². The molecule has 0 aliphatic carbocycles. The first-order valence-corrected chi connectivity index (χ1v) is 7.92. The quantitative estimate of drug-likeness (QED) is 0.678. The predicted octanol–water partition coefficient (Wildman–Crippen LogP) is 3.15. The molecule has 2 N–H and O–H groups in total. The van der Waals surface area contributed by atoms with Gasteiger partial charge in [-0.1, -0.05) is 18.2 Å². The first kappa shape index (κ1) is 17.7. The Hall–Kier alpha value is -3.16. The molecule has 3 rings (SSSR count). The van der Waals surface area contributed by atoms with Gasteiger partial charge in [-0.2, -0.15) is 8.78 Å². The Morgan fingerprint density at radius 1 is 1.23 bits per heavy atom. The average Bonchev–Trinajstić information content (AvgIpc) is 3.04. The molecule has 1 aromatic heterocycles. The summed E-state index contributed by atoms with van der Waals surface area (Å²) in [6, 6.07) is 12.0. The largest absolute Gasteiger partial charge is 0.493 e. The monoisotopic (exact) mass is 361 g/mol. The first-order valence-electron chi connectivity index (χ1n) is 7.92. The van der Waals surface area contributed by atoms with Crippen molar-refractivity contribution in [1.29, 1.82) is 0 Å². The number of benzene rings is 2. The number of hydrogen-bond acceptors (Lipinski definition) is 4. The molecule has 0 radical (unpaired) electrons. The second kappa shape index (κ2) is 7.81. The minimum Gasteiger partial charge on any atom is -0.493 e. The highest BCUT2D eigenvalue weighted by Gasteiger charge is 2.20. The van der Waals surface area contributed by atoms with Crippen LogP contribution >= 0.6 is 0 Å². The number of carbonyl (C=O) groups is 1. The van der Waals surface area contributed by atoms with Gasteiger partial charge in [-0.05, 0) is 24.3 Å². The van der Waals surface area contributed by atoms with E-state index in [1.807, 2.05) is 24.3 Å². The maximum atomic E-state index is 12.6. The van der Waals surface area contributed by atoms with Gasteiger partial charge < -0.3 is 19.8 Å². The number of methoxy groups -OCH3 is 1. The summed E-state index contributed by atoms with van der Waals surface area (Å²) >= 11 is 0. The fraction of sp³-hybridized carbons (Fsp3) is 0.222. The average molecular weight is 361 g/mol. The van der Waals surface area contributed by atoms with Crippen LogP contribution in [0.1, 0.15) is 16.2 Å². The van der Waals surface area contributed by atoms with Crippen molar-refractivity contribution in [3.05, 3.63) is 53.9 Å². The molecule has 6 nitrogen and oxygen atoms in total. The number of amides is 1. The lowest BCUT2D eigenvalue weighted by Crippen LogP contribution is -2.26. The normalized spacial score (nSPS) is 10.9. The van der Waals surface area contributed by atoms with Crippen molar-refractivity contribution in [3.8, 4) is 11.5 Å². The Balaban J connectivity index is 1.68. The zero-order valence-corrected chi connectivity index (χ0v) is 14.0. The molecule has 0 aliphatic rings. The molecule has 1 amide bonds. The lowest BCUT2D eigenvalue weighted by Gasteiger charge is -2.14. The van der Waals surface area contributed by atoms with E-state index in [1.165, 1.54) is 25.3 Å². The molecular weight excluding hydrogens is 344 g/mol. The van der Waals surface area contributed by atoms with E-state index in [9.17, 15) is 13.6 Å². The van der Waals surface area contributed by atoms with Gasteiger partial charge in [-0.25, -0.2) is 4.98 Å². The zero-order chi connectivity index (χ0) is 18.5. The first-order chi connectivity index (χ1) is 12.6. The van der Waals surface area contributed by atoms with Gasteiger partial charge in [0, 0.05) is 13.0 Å². The lowest BCUT2D eigenvalue weighted by molar-refractivity contribution is -0.0515. The van der Waals surface area contributed by atoms with Gasteiger partial charge in [-0.3, -0.25) is 4.79 Å². The van der Waals surface area contributed by atoms with Crippen molar-refractivity contribution >= 4 is 16.9 Å². The summed E-state index contributed by atoms with van der Waals surface area (Å²) in [5.74, 6) is -0.0293. The Morgan fingerprint density at radius 2 is 2.04 bits per heavy atom. The van der Waals surface area contributed by atoms with Crippen molar-refractivity contribution in [3.63, 3.8) is 0 Å². The third-order valence-corrected chi connectivity index (χ3v) is 3.74.